The van der Waals surface area contributed by atoms with Crippen molar-refractivity contribution < 1.29 is 23.4 Å². The minimum atomic E-state index is -0.977. The van der Waals surface area contributed by atoms with Crippen LogP contribution in [0.3, 0.4) is 0 Å². The van der Waals surface area contributed by atoms with Gasteiger partial charge in [0.15, 0.2) is 16.8 Å². The van der Waals surface area contributed by atoms with E-state index in [1.54, 1.807) is 6.92 Å². The maximum absolute atomic E-state index is 13.6. The van der Waals surface area contributed by atoms with Gasteiger partial charge in [-0.1, -0.05) is 23.2 Å². The summed E-state index contributed by atoms with van der Waals surface area (Å²) in [5.74, 6) is -3.44. The van der Waals surface area contributed by atoms with Crippen molar-refractivity contribution in [2.45, 2.75) is 6.92 Å². The van der Waals surface area contributed by atoms with E-state index in [0.717, 1.165) is 18.5 Å². The molecule has 0 fully saturated rings. The molecule has 0 unspecified atom stereocenters. The first-order valence-corrected chi connectivity index (χ1v) is 7.86. The molecule has 0 aliphatic carbocycles. The summed E-state index contributed by atoms with van der Waals surface area (Å²) in [5, 5.41) is 9.52. The summed E-state index contributed by atoms with van der Waals surface area (Å²) in [6, 6.07) is 2.05. The van der Waals surface area contributed by atoms with Crippen LogP contribution in [0.1, 0.15) is 12.5 Å². The van der Waals surface area contributed by atoms with Gasteiger partial charge in [-0.2, -0.15) is 0 Å². The van der Waals surface area contributed by atoms with Crippen molar-refractivity contribution in [3.8, 4) is 0 Å². The molecule has 136 valence electrons. The number of aromatic nitrogens is 2. The molecule has 0 atom stereocenters. The van der Waals surface area contributed by atoms with Crippen LogP contribution in [0.25, 0.3) is 5.76 Å². The van der Waals surface area contributed by atoms with E-state index in [0.29, 0.717) is 0 Å². The molecule has 0 amide bonds. The van der Waals surface area contributed by atoms with E-state index < -0.39 is 34.1 Å². The number of pyridine rings is 2. The summed E-state index contributed by atoms with van der Waals surface area (Å²) in [7, 11) is 0. The van der Waals surface area contributed by atoms with E-state index in [2.05, 4.69) is 15.0 Å². The fourth-order valence-corrected chi connectivity index (χ4v) is 2.19. The first-order chi connectivity index (χ1) is 12.3. The van der Waals surface area contributed by atoms with Crippen LogP contribution < -0.4 is 0 Å². The number of aliphatic hydroxyl groups excluding tert-OH is 1. The lowest BCUT2D eigenvalue weighted by Gasteiger charge is -2.08. The second-order valence-electron chi connectivity index (χ2n) is 4.67. The Morgan fingerprint density at radius 3 is 2.73 bits per heavy atom. The average molecular weight is 402 g/mol. The lowest BCUT2D eigenvalue weighted by atomic mass is 10.1. The number of aliphatic imine (C=N–C) groups is 1. The van der Waals surface area contributed by atoms with Crippen LogP contribution in [-0.2, 0) is 9.53 Å². The molecule has 2 aromatic rings. The first-order valence-electron chi connectivity index (χ1n) is 7.11. The smallest absolute Gasteiger partial charge is 0.343 e. The van der Waals surface area contributed by atoms with Crippen molar-refractivity contribution in [1.82, 2.24) is 9.97 Å². The van der Waals surface area contributed by atoms with E-state index in [1.807, 2.05) is 0 Å². The van der Waals surface area contributed by atoms with E-state index in [4.69, 9.17) is 27.9 Å². The van der Waals surface area contributed by atoms with Crippen LogP contribution >= 0.6 is 23.2 Å². The SMILES string of the molecule is CCOC(=O)C(C=Nc1ccncc1F)=C(O)c1cc(F)c(Cl)nc1Cl. The number of ether oxygens (including phenoxy) is 1. The quantitative estimate of drug-likeness (QED) is 0.265. The molecule has 2 heterocycles. The summed E-state index contributed by atoms with van der Waals surface area (Å²) in [4.78, 5) is 23.0. The van der Waals surface area contributed by atoms with E-state index in [-0.39, 0.29) is 23.0 Å². The number of carbonyl (C=O) groups is 1. The van der Waals surface area contributed by atoms with E-state index in [1.165, 1.54) is 12.3 Å². The molecule has 0 saturated carbocycles. The number of hydrogen-bond acceptors (Lipinski definition) is 6. The number of aliphatic hydroxyl groups is 1. The Balaban J connectivity index is 2.56. The Kier molecular flexibility index (Phi) is 6.59. The summed E-state index contributed by atoms with van der Waals surface area (Å²) < 4.78 is 32.1. The van der Waals surface area contributed by atoms with Gasteiger partial charge in [-0.3, -0.25) is 9.98 Å². The van der Waals surface area contributed by atoms with Gasteiger partial charge in [0, 0.05) is 12.4 Å². The summed E-state index contributed by atoms with van der Waals surface area (Å²) in [6.07, 6.45) is 3.09. The van der Waals surface area contributed by atoms with Crippen LogP contribution in [-0.4, -0.2) is 33.9 Å². The monoisotopic (exact) mass is 401 g/mol. The van der Waals surface area contributed by atoms with Gasteiger partial charge in [0.05, 0.1) is 18.4 Å². The van der Waals surface area contributed by atoms with Gasteiger partial charge in [-0.05, 0) is 19.1 Å². The largest absolute Gasteiger partial charge is 0.506 e. The first kappa shape index (κ1) is 19.7. The third-order valence-electron chi connectivity index (χ3n) is 2.98. The number of carbonyl (C=O) groups excluding carboxylic acids is 1. The molecule has 26 heavy (non-hydrogen) atoms. The topological polar surface area (TPSA) is 84.7 Å². The van der Waals surface area contributed by atoms with Crippen molar-refractivity contribution in [3.05, 3.63) is 57.6 Å². The van der Waals surface area contributed by atoms with Gasteiger partial charge in [-0.25, -0.2) is 18.6 Å². The Bertz CT molecular complexity index is 904. The second-order valence-corrected chi connectivity index (χ2v) is 5.38. The number of nitrogens with zero attached hydrogens (tertiary/aromatic N) is 3. The minimum Gasteiger partial charge on any atom is -0.506 e. The van der Waals surface area contributed by atoms with E-state index in [9.17, 15) is 18.7 Å². The Morgan fingerprint density at radius 2 is 2.08 bits per heavy atom. The third-order valence-corrected chi connectivity index (χ3v) is 3.53. The molecule has 2 rings (SSSR count). The van der Waals surface area contributed by atoms with Gasteiger partial charge >= 0.3 is 5.97 Å². The fraction of sp³-hybridized carbons (Fsp3) is 0.125. The highest BCUT2D eigenvalue weighted by Crippen LogP contribution is 2.27. The predicted molar refractivity (Wildman–Crippen MR) is 92.7 cm³/mol. The maximum Gasteiger partial charge on any atom is 0.343 e. The molecule has 2 aromatic heterocycles. The normalized spacial score (nSPS) is 12.2. The Morgan fingerprint density at radius 1 is 1.35 bits per heavy atom. The average Bonchev–Trinajstić information content (AvgIpc) is 2.60. The Labute approximate surface area is 156 Å². The molecule has 0 saturated heterocycles. The van der Waals surface area contributed by atoms with Crippen molar-refractivity contribution in [2.24, 2.45) is 4.99 Å². The highest BCUT2D eigenvalue weighted by molar-refractivity contribution is 6.34. The minimum absolute atomic E-state index is 0.00592. The lowest BCUT2D eigenvalue weighted by Crippen LogP contribution is -2.12. The van der Waals surface area contributed by atoms with Gasteiger partial charge in [0.2, 0.25) is 0 Å². The van der Waals surface area contributed by atoms with Crippen LogP contribution in [0.2, 0.25) is 10.3 Å². The number of rotatable bonds is 5. The molecular weight excluding hydrogens is 391 g/mol. The molecule has 0 radical (unpaired) electrons. The van der Waals surface area contributed by atoms with Crippen LogP contribution in [0.4, 0.5) is 14.5 Å². The highest BCUT2D eigenvalue weighted by atomic mass is 35.5. The van der Waals surface area contributed by atoms with Crippen molar-refractivity contribution in [3.63, 3.8) is 0 Å². The molecule has 0 spiro atoms. The van der Waals surface area contributed by atoms with Gasteiger partial charge < -0.3 is 9.84 Å². The Hall–Kier alpha value is -2.58. The zero-order valence-corrected chi connectivity index (χ0v) is 14.7. The van der Waals surface area contributed by atoms with Gasteiger partial charge in [0.25, 0.3) is 0 Å². The van der Waals surface area contributed by atoms with Crippen LogP contribution in [0.15, 0.2) is 35.1 Å². The molecule has 0 aliphatic rings. The number of halogens is 4. The highest BCUT2D eigenvalue weighted by Gasteiger charge is 2.20. The fourth-order valence-electron chi connectivity index (χ4n) is 1.78. The van der Waals surface area contributed by atoms with Crippen molar-refractivity contribution in [2.75, 3.05) is 6.61 Å². The molecular formula is C16H11Cl2F2N3O3. The van der Waals surface area contributed by atoms with Crippen LogP contribution in [0, 0.1) is 11.6 Å². The van der Waals surface area contributed by atoms with Crippen molar-refractivity contribution >= 4 is 46.8 Å². The molecule has 1 N–H and O–H groups in total. The number of esters is 1. The summed E-state index contributed by atoms with van der Waals surface area (Å²) in [6.45, 7) is 1.54. The molecule has 0 aromatic carbocycles. The number of hydrogen-bond donors (Lipinski definition) is 1. The zero-order chi connectivity index (χ0) is 19.3. The van der Waals surface area contributed by atoms with E-state index >= 15 is 0 Å². The zero-order valence-electron chi connectivity index (χ0n) is 13.2. The van der Waals surface area contributed by atoms with Gasteiger partial charge in [-0.15, -0.1) is 0 Å². The van der Waals surface area contributed by atoms with Gasteiger partial charge in [0.1, 0.15) is 22.2 Å². The van der Waals surface area contributed by atoms with Crippen LogP contribution in [0.5, 0.6) is 0 Å². The van der Waals surface area contributed by atoms with Crippen molar-refractivity contribution in [1.29, 1.82) is 0 Å². The predicted octanol–water partition coefficient (Wildman–Crippen LogP) is 4.30. The third kappa shape index (κ3) is 4.53. The lowest BCUT2D eigenvalue weighted by molar-refractivity contribution is -0.137. The maximum atomic E-state index is 13.6. The summed E-state index contributed by atoms with van der Waals surface area (Å²) in [5.41, 5.74) is -0.923. The standard InChI is InChI=1S/C16H11Cl2F2N3O3/c1-2-26-16(25)9(6-22-12-3-4-21-7-11(12)20)13(24)8-5-10(19)15(18)23-14(8)17/h3-7,24H,2H2,1H3. The second kappa shape index (κ2) is 8.68. The molecule has 0 bridgehead atoms. The summed E-state index contributed by atoms with van der Waals surface area (Å²) >= 11 is 11.4. The molecule has 6 nitrogen and oxygen atoms in total. The molecule has 0 aliphatic heterocycles. The molecule has 10 heteroatoms.